The molecule has 21 heavy (non-hydrogen) atoms. The molecule has 2 rings (SSSR count). The van der Waals surface area contributed by atoms with Crippen molar-refractivity contribution in [3.63, 3.8) is 0 Å². The number of esters is 1. The number of hydrogen-bond acceptors (Lipinski definition) is 4. The van der Waals surface area contributed by atoms with Gasteiger partial charge in [-0.3, -0.25) is 9.35 Å². The van der Waals surface area contributed by atoms with Gasteiger partial charge in [0, 0.05) is 0 Å². The highest BCUT2D eigenvalue weighted by molar-refractivity contribution is 7.85. The normalized spacial score (nSPS) is 36.2. The van der Waals surface area contributed by atoms with Gasteiger partial charge in [-0.1, -0.05) is 13.8 Å². The van der Waals surface area contributed by atoms with Gasteiger partial charge in [0.2, 0.25) is 0 Å². The van der Waals surface area contributed by atoms with E-state index in [0.29, 0.717) is 24.2 Å². The van der Waals surface area contributed by atoms with Crippen LogP contribution in [0.4, 0.5) is 0 Å². The van der Waals surface area contributed by atoms with E-state index in [9.17, 15) is 13.2 Å². The van der Waals surface area contributed by atoms with Crippen molar-refractivity contribution in [2.24, 2.45) is 23.2 Å². The summed E-state index contributed by atoms with van der Waals surface area (Å²) in [5.41, 5.74) is 0.0369. The second-order valence-electron chi connectivity index (χ2n) is 7.34. The molecule has 2 bridgehead atoms. The molecule has 0 saturated heterocycles. The van der Waals surface area contributed by atoms with Gasteiger partial charge < -0.3 is 4.74 Å². The summed E-state index contributed by atoms with van der Waals surface area (Å²) >= 11 is 0. The average molecular weight is 318 g/mol. The van der Waals surface area contributed by atoms with Crippen molar-refractivity contribution in [2.45, 2.75) is 52.4 Å². The van der Waals surface area contributed by atoms with Crippen LogP contribution >= 0.6 is 0 Å². The van der Waals surface area contributed by atoms with Gasteiger partial charge in [0.25, 0.3) is 10.1 Å². The van der Waals surface area contributed by atoms with Gasteiger partial charge in [-0.2, -0.15) is 8.42 Å². The maximum atomic E-state index is 12.0. The number of rotatable bonds is 5. The minimum absolute atomic E-state index is 0.0369. The van der Waals surface area contributed by atoms with E-state index in [1.807, 2.05) is 0 Å². The van der Waals surface area contributed by atoms with Gasteiger partial charge in [0.05, 0.1) is 6.42 Å². The topological polar surface area (TPSA) is 80.7 Å². The zero-order chi connectivity index (χ0) is 15.7. The Bertz CT molecular complexity index is 465. The molecular formula is C15H26O5S. The molecule has 0 amide bonds. The zero-order valence-electron chi connectivity index (χ0n) is 12.9. The largest absolute Gasteiger partial charge is 0.464 e. The Kier molecular flexibility index (Phi) is 4.98. The summed E-state index contributed by atoms with van der Waals surface area (Å²) in [6.07, 6.45) is 6.09. The van der Waals surface area contributed by atoms with Crippen LogP contribution in [-0.2, 0) is 19.6 Å². The first-order valence-electron chi connectivity index (χ1n) is 7.78. The lowest BCUT2D eigenvalue weighted by Gasteiger charge is -2.49. The van der Waals surface area contributed by atoms with Crippen LogP contribution < -0.4 is 0 Å². The summed E-state index contributed by atoms with van der Waals surface area (Å²) in [6, 6.07) is 0. The van der Waals surface area contributed by atoms with Crippen LogP contribution in [0.5, 0.6) is 0 Å². The predicted octanol–water partition coefficient (Wildman–Crippen LogP) is 2.66. The molecule has 2 unspecified atom stereocenters. The van der Waals surface area contributed by atoms with Crippen molar-refractivity contribution in [1.82, 2.24) is 0 Å². The minimum Gasteiger partial charge on any atom is -0.464 e. The Morgan fingerprint density at radius 2 is 1.76 bits per heavy atom. The third kappa shape index (κ3) is 4.95. The molecule has 2 aliphatic carbocycles. The van der Waals surface area contributed by atoms with Crippen LogP contribution in [0.1, 0.15) is 52.4 Å². The zero-order valence-corrected chi connectivity index (χ0v) is 13.7. The summed E-state index contributed by atoms with van der Waals surface area (Å²) in [7, 11) is -4.07. The average Bonchev–Trinajstić information content (AvgIpc) is 2.23. The first kappa shape index (κ1) is 16.7. The third-order valence-corrected chi connectivity index (χ3v) is 5.56. The van der Waals surface area contributed by atoms with E-state index in [2.05, 4.69) is 13.8 Å². The van der Waals surface area contributed by atoms with Gasteiger partial charge in [0.15, 0.2) is 0 Å². The highest BCUT2D eigenvalue weighted by Crippen LogP contribution is 2.54. The van der Waals surface area contributed by atoms with Crippen molar-refractivity contribution in [3.05, 3.63) is 0 Å². The molecule has 5 nitrogen and oxygen atoms in total. The Morgan fingerprint density at radius 3 is 2.29 bits per heavy atom. The van der Waals surface area contributed by atoms with Gasteiger partial charge in [0.1, 0.15) is 12.4 Å². The standard InChI is InChI=1S/C15H26O5S/c1-11-5-13-6-12(2)8-15(7-11,9-13)10-14(16)20-3-4-21(17,18)19/h11-13H,3-10H2,1-2H3,(H,17,18,19). The molecule has 2 fully saturated rings. The lowest BCUT2D eigenvalue weighted by atomic mass is 9.56. The van der Waals surface area contributed by atoms with E-state index in [0.717, 1.165) is 19.3 Å². The van der Waals surface area contributed by atoms with Crippen LogP contribution in [0, 0.1) is 23.2 Å². The van der Waals surface area contributed by atoms with Crippen LogP contribution in [0.15, 0.2) is 0 Å². The molecule has 0 aromatic rings. The summed E-state index contributed by atoms with van der Waals surface area (Å²) in [4.78, 5) is 12.0. The molecule has 0 spiro atoms. The Labute approximate surface area is 127 Å². The highest BCUT2D eigenvalue weighted by atomic mass is 32.2. The van der Waals surface area contributed by atoms with Crippen LogP contribution in [0.25, 0.3) is 0 Å². The Hall–Kier alpha value is -0.620. The minimum atomic E-state index is -4.07. The summed E-state index contributed by atoms with van der Waals surface area (Å²) in [5, 5.41) is 0. The molecule has 2 saturated carbocycles. The molecule has 2 atom stereocenters. The molecular weight excluding hydrogens is 292 g/mol. The molecule has 1 N–H and O–H groups in total. The molecule has 2 aliphatic rings. The first-order chi connectivity index (χ1) is 9.67. The van der Waals surface area contributed by atoms with Crippen molar-refractivity contribution >= 4 is 16.1 Å². The third-order valence-electron chi connectivity index (χ3n) is 4.88. The summed E-state index contributed by atoms with van der Waals surface area (Å²) in [5.74, 6) is 1.13. The number of carbonyl (C=O) groups excluding carboxylic acids is 1. The van der Waals surface area contributed by atoms with E-state index in [4.69, 9.17) is 9.29 Å². The number of ether oxygens (including phenoxy) is 1. The molecule has 122 valence electrons. The molecule has 0 aliphatic heterocycles. The second-order valence-corrected chi connectivity index (χ2v) is 8.92. The van der Waals surface area contributed by atoms with E-state index in [1.54, 1.807) is 0 Å². The van der Waals surface area contributed by atoms with Gasteiger partial charge in [-0.25, -0.2) is 0 Å². The summed E-state index contributed by atoms with van der Waals surface area (Å²) in [6.45, 7) is 4.24. The lowest BCUT2D eigenvalue weighted by molar-refractivity contribution is -0.148. The van der Waals surface area contributed by atoms with E-state index < -0.39 is 15.9 Å². The van der Waals surface area contributed by atoms with E-state index in [-0.39, 0.29) is 18.0 Å². The van der Waals surface area contributed by atoms with Crippen LogP contribution in [0.2, 0.25) is 0 Å². The molecule has 6 heteroatoms. The van der Waals surface area contributed by atoms with Crippen molar-refractivity contribution in [1.29, 1.82) is 0 Å². The quantitative estimate of drug-likeness (QED) is 0.622. The van der Waals surface area contributed by atoms with Crippen molar-refractivity contribution in [3.8, 4) is 0 Å². The molecule has 0 aromatic carbocycles. The molecule has 0 radical (unpaired) electrons. The van der Waals surface area contributed by atoms with Gasteiger partial charge >= 0.3 is 5.97 Å². The van der Waals surface area contributed by atoms with E-state index >= 15 is 0 Å². The fourth-order valence-electron chi connectivity index (χ4n) is 4.74. The van der Waals surface area contributed by atoms with Gasteiger partial charge in [-0.05, 0) is 55.3 Å². The fraction of sp³-hybridized carbons (Fsp3) is 0.933. The maximum absolute atomic E-state index is 12.0. The monoisotopic (exact) mass is 318 g/mol. The summed E-state index contributed by atoms with van der Waals surface area (Å²) < 4.78 is 34.9. The van der Waals surface area contributed by atoms with Crippen LogP contribution in [0.3, 0.4) is 0 Å². The number of carbonyl (C=O) groups is 1. The maximum Gasteiger partial charge on any atom is 0.306 e. The van der Waals surface area contributed by atoms with Gasteiger partial charge in [-0.15, -0.1) is 0 Å². The SMILES string of the molecule is CC1CC2CC(C)CC(CC(=O)OCCS(=O)(=O)O)(C1)C2. The van der Waals surface area contributed by atoms with E-state index in [1.165, 1.54) is 12.8 Å². The fourth-order valence-corrected chi connectivity index (χ4v) is 5.04. The Balaban J connectivity index is 1.91. The molecule has 0 aromatic heterocycles. The van der Waals surface area contributed by atoms with Crippen molar-refractivity contribution in [2.75, 3.05) is 12.4 Å². The molecule has 0 heterocycles. The number of fused-ring (bicyclic) bond motifs is 2. The second kappa shape index (κ2) is 6.24. The Morgan fingerprint density at radius 1 is 1.19 bits per heavy atom. The van der Waals surface area contributed by atoms with Crippen molar-refractivity contribution < 1.29 is 22.5 Å². The predicted molar refractivity (Wildman–Crippen MR) is 79.3 cm³/mol. The lowest BCUT2D eigenvalue weighted by Crippen LogP contribution is -2.40. The first-order valence-corrected chi connectivity index (χ1v) is 9.39. The highest BCUT2D eigenvalue weighted by Gasteiger charge is 2.45. The van der Waals surface area contributed by atoms with Crippen LogP contribution in [-0.4, -0.2) is 31.3 Å². The smallest absolute Gasteiger partial charge is 0.306 e. The number of hydrogen-bond donors (Lipinski definition) is 1.